The first-order chi connectivity index (χ1) is 70.6. The van der Waals surface area contributed by atoms with Crippen LogP contribution < -0.4 is 80.4 Å². The molecule has 24 N–H and O–H groups in total. The number of aromatic hydroxyl groups is 4. The van der Waals surface area contributed by atoms with Gasteiger partial charge in [-0.3, -0.25) is 48.2 Å². The van der Waals surface area contributed by atoms with Crippen molar-refractivity contribution < 1.29 is 163 Å². The summed E-state index contributed by atoms with van der Waals surface area (Å²) in [7, 11) is 3.87. The van der Waals surface area contributed by atoms with Crippen molar-refractivity contribution in [3.8, 4) is 69.0 Å². The molecule has 44 heteroatoms. The van der Waals surface area contributed by atoms with Crippen molar-refractivity contribution in [2.24, 2.45) is 0 Å². The average molecular weight is 2040 g/mol. The van der Waals surface area contributed by atoms with Crippen molar-refractivity contribution in [3.05, 3.63) is 210 Å². The molecule has 22 rings (SSSR count). The maximum atomic E-state index is 13.4. The SMILES string of the molecule is CCCCCCc1cccc(C(=O)N[C@H]2[C@H](O)[C@@H](O)[C@@H](O)[C@@H]3NC(=O)c4c(cc5c(c4O)OCO5)[C@@H]23)c1.CN(C)Cc1ccc(C(=O)N[C@H]2[C@H](O)[C@@H](O)[C@@H](O)[C@@H]3NC(=O)c4c(cc5c(c4O)OCO5)[C@@H]23)cc1.O=C(N[C@H]1[C@H](O)[C@@H](O)[C@@H](O)[C@@H]2NC(=O)c3c(cc4c(c3O)OCO4)[C@@H]12)c1cccc(CN2CCCC2)c1.O=C(N[C@H]1[C@H](O)[C@@H](O)[C@@H](O)[C@@H]2NC(=O)c3c(cc4c(c3O)OCO4)[C@@H]12)c1cccc(CN2CCOCC2)c1. The van der Waals surface area contributed by atoms with Gasteiger partial charge in [0.15, 0.2) is 46.0 Å². The number of amides is 8. The summed E-state index contributed by atoms with van der Waals surface area (Å²) in [6, 6.07) is 26.0. The number of ether oxygens (including phenoxy) is 9. The molecule has 6 fully saturated rings. The average Bonchev–Trinajstić information content (AvgIpc) is 1.68. The van der Waals surface area contributed by atoms with E-state index in [9.17, 15) is 120 Å². The lowest BCUT2D eigenvalue weighted by Gasteiger charge is -2.49. The van der Waals surface area contributed by atoms with Crippen molar-refractivity contribution >= 4 is 47.3 Å². The Hall–Kier alpha value is -13.5. The number of aliphatic hydroxyl groups excluding tert-OH is 12. The molecule has 8 amide bonds. The van der Waals surface area contributed by atoms with E-state index in [0.717, 1.165) is 99.9 Å². The minimum absolute atomic E-state index is 0.0203. The minimum Gasteiger partial charge on any atom is -0.504 e. The molecule has 782 valence electrons. The lowest BCUT2D eigenvalue weighted by Crippen LogP contribution is -2.69. The number of carbonyl (C=O) groups is 8. The summed E-state index contributed by atoms with van der Waals surface area (Å²) >= 11 is 0. The lowest BCUT2D eigenvalue weighted by molar-refractivity contribution is -0.117. The van der Waals surface area contributed by atoms with Gasteiger partial charge in [0.05, 0.1) is 83.8 Å². The molecule has 147 heavy (non-hydrogen) atoms. The van der Waals surface area contributed by atoms with E-state index in [2.05, 4.69) is 59.3 Å². The number of nitrogens with one attached hydrogen (secondary N) is 8. The molecule has 4 saturated carbocycles. The van der Waals surface area contributed by atoms with Crippen LogP contribution in [-0.2, 0) is 30.8 Å². The topological polar surface area (TPSA) is 649 Å². The standard InChI is InChI=1S/C27H32N2O8.C26H29N3O9.C26H29N3O8.C24H27N3O8/c1-2-3-4-5-7-13-8-6-9-14(10-13)26(34)28-19-17-15-11-16-25(37-12-36-16)21(30)18(15)27(35)29-20(17)23(32)24(33)22(19)31;30-20-17-14(9-15-24(20)38-11-37-15)16-18(21(31)23(33)22(32)19(16)28-26(17)35)27-25(34)13-3-1-2-12(8-13)10-29-4-6-36-7-5-29;30-20-17-14(9-15-24(20)37-11-36-15)16-18(21(31)23(33)22(32)19(16)28-26(17)35)27-25(34)13-5-3-4-12(8-13)10-29-6-1-2-7-29;1-27(2)8-10-3-5-11(6-4-10)23(32)25-16-14-12-7-13-22(35-9-34-13)18(28)15(12)24(33)26-17(14)20(30)21(31)19(16)29/h6,8-11,17,19-20,22-24,30-33H,2-5,7,12H2,1H3,(H,28,34)(H,29,35);1-3,8-9,16,18-19,21-23,30-33H,4-7,10-11H2,(H,27,34)(H,28,35);3-5,8-9,16,18-19,21-23,30-33H,1-2,6-7,10-11H2,(H,27,34)(H,28,35);3-7,14,16-17,19-21,28-31H,8-9H2,1-2H3,(H,25,32)(H,26,33)/t17-,19+,20+,22-,23-,24+;2*16-,18+,19+,21-,22-,23+;14-,16+,17+,19-,20-,21+/m0000/s1. The van der Waals surface area contributed by atoms with Gasteiger partial charge in [-0.1, -0.05) is 74.7 Å². The van der Waals surface area contributed by atoms with Crippen LogP contribution in [0.15, 0.2) is 121 Å². The van der Waals surface area contributed by atoms with Gasteiger partial charge in [-0.15, -0.1) is 0 Å². The third-order valence-electron chi connectivity index (χ3n) is 30.0. The van der Waals surface area contributed by atoms with Gasteiger partial charge in [-0.05, 0) is 170 Å². The normalized spacial score (nSPS) is 29.3. The molecule has 4 aliphatic carbocycles. The molecule has 14 aliphatic rings. The largest absolute Gasteiger partial charge is 0.504 e. The Morgan fingerprint density at radius 1 is 0.347 bits per heavy atom. The Labute approximate surface area is 840 Å². The predicted octanol–water partition coefficient (Wildman–Crippen LogP) is -0.542. The van der Waals surface area contributed by atoms with E-state index in [0.29, 0.717) is 48.6 Å². The van der Waals surface area contributed by atoms with Crippen LogP contribution in [0.1, 0.15) is 196 Å². The molecule has 2 saturated heterocycles. The van der Waals surface area contributed by atoms with Gasteiger partial charge in [-0.2, -0.15) is 0 Å². The number of benzene rings is 8. The number of carbonyl (C=O) groups excluding carboxylic acids is 8. The van der Waals surface area contributed by atoms with E-state index in [1.165, 1.54) is 24.3 Å². The van der Waals surface area contributed by atoms with E-state index in [1.54, 1.807) is 66.7 Å². The Kier molecular flexibility index (Phi) is 29.4. The van der Waals surface area contributed by atoms with Crippen molar-refractivity contribution in [1.82, 2.24) is 57.2 Å². The summed E-state index contributed by atoms with van der Waals surface area (Å²) in [6.07, 6.45) is -11.2. The highest BCUT2D eigenvalue weighted by Crippen LogP contribution is 2.56. The zero-order valence-corrected chi connectivity index (χ0v) is 80.0. The second kappa shape index (κ2) is 42.4. The quantitative estimate of drug-likeness (QED) is 0.0452. The first-order valence-corrected chi connectivity index (χ1v) is 48.9. The van der Waals surface area contributed by atoms with Crippen molar-refractivity contribution in [1.29, 1.82) is 0 Å². The van der Waals surface area contributed by atoms with Crippen LogP contribution in [0.4, 0.5) is 0 Å². The third kappa shape index (κ3) is 19.6. The predicted molar refractivity (Wildman–Crippen MR) is 512 cm³/mol. The number of phenolic OH excluding ortho intramolecular Hbond substituents is 4. The smallest absolute Gasteiger partial charge is 0.255 e. The number of rotatable bonds is 19. The van der Waals surface area contributed by atoms with Crippen LogP contribution >= 0.6 is 0 Å². The van der Waals surface area contributed by atoms with Gasteiger partial charge in [0, 0.05) is 78.6 Å². The zero-order chi connectivity index (χ0) is 104. The highest BCUT2D eigenvalue weighted by molar-refractivity contribution is 6.05. The summed E-state index contributed by atoms with van der Waals surface area (Å²) < 4.78 is 48.1. The first-order valence-electron chi connectivity index (χ1n) is 48.9. The second-order valence-electron chi connectivity index (χ2n) is 39.4. The van der Waals surface area contributed by atoms with Crippen LogP contribution in [-0.4, -0.2) is 346 Å². The summed E-state index contributed by atoms with van der Waals surface area (Å²) in [5.74, 6) is -8.95. The van der Waals surface area contributed by atoms with Crippen molar-refractivity contribution in [2.75, 3.05) is 80.7 Å². The van der Waals surface area contributed by atoms with Gasteiger partial charge >= 0.3 is 0 Å². The third-order valence-corrected chi connectivity index (χ3v) is 30.0. The van der Waals surface area contributed by atoms with E-state index < -0.39 is 216 Å². The number of hydrogen-bond acceptors (Lipinski definition) is 36. The van der Waals surface area contributed by atoms with E-state index in [4.69, 9.17) is 42.6 Å². The van der Waals surface area contributed by atoms with Gasteiger partial charge < -0.3 is 172 Å². The number of aliphatic hydroxyl groups is 12. The van der Waals surface area contributed by atoms with Gasteiger partial charge in [0.2, 0.25) is 50.2 Å². The van der Waals surface area contributed by atoms with Crippen LogP contribution in [0.25, 0.3) is 0 Å². The highest BCUT2D eigenvalue weighted by atomic mass is 16.7. The fourth-order valence-electron chi connectivity index (χ4n) is 22.7. The Balaban J connectivity index is 0.000000124. The number of aryl methyl sites for hydroxylation is 1. The van der Waals surface area contributed by atoms with Crippen molar-refractivity contribution in [2.45, 2.75) is 217 Å². The molecule has 0 radical (unpaired) electrons. The summed E-state index contributed by atoms with van der Waals surface area (Å²) in [5.41, 5.74) is 6.12. The lowest BCUT2D eigenvalue weighted by atomic mass is 9.68. The molecule has 0 unspecified atom stereocenters. The molecule has 24 atom stereocenters. The summed E-state index contributed by atoms with van der Waals surface area (Å²) in [6.45, 7) is 8.61. The highest BCUT2D eigenvalue weighted by Gasteiger charge is 2.61. The first kappa shape index (κ1) is 102. The number of morpholine rings is 1. The Bertz CT molecular complexity index is 6380. The zero-order valence-electron chi connectivity index (χ0n) is 80.0. The Morgan fingerprint density at radius 3 is 0.959 bits per heavy atom. The van der Waals surface area contributed by atoms with Crippen molar-refractivity contribution in [3.63, 3.8) is 0 Å². The maximum Gasteiger partial charge on any atom is 0.255 e. The molecule has 10 heterocycles. The number of likely N-dealkylation sites (tertiary alicyclic amines) is 1. The molecule has 0 spiro atoms. The fourth-order valence-corrected chi connectivity index (χ4v) is 22.7. The number of unbranched alkanes of at least 4 members (excludes halogenated alkanes) is 3. The van der Waals surface area contributed by atoms with E-state index >= 15 is 0 Å². The van der Waals surface area contributed by atoms with E-state index in [1.807, 2.05) is 49.3 Å². The molecular weight excluding hydrogens is 1920 g/mol. The summed E-state index contributed by atoms with van der Waals surface area (Å²) in [4.78, 5) is 111. The van der Waals surface area contributed by atoms with Gasteiger partial charge in [-0.25, -0.2) is 0 Å². The minimum atomic E-state index is -1.64. The van der Waals surface area contributed by atoms with Crippen LogP contribution in [0.3, 0.4) is 0 Å². The fraction of sp³-hybridized carbons (Fsp3) is 0.456. The van der Waals surface area contributed by atoms with Crippen LogP contribution in [0.5, 0.6) is 69.0 Å². The molecule has 8 aromatic rings. The summed E-state index contributed by atoms with van der Waals surface area (Å²) in [5, 5.41) is 194. The van der Waals surface area contributed by atoms with E-state index in [-0.39, 0.29) is 118 Å². The Morgan fingerprint density at radius 2 is 0.646 bits per heavy atom. The number of phenols is 4. The van der Waals surface area contributed by atoms with Crippen LogP contribution in [0, 0.1) is 0 Å². The molecule has 0 aromatic heterocycles. The molecule has 10 aliphatic heterocycles. The molecule has 8 aromatic carbocycles. The number of fused-ring (bicyclic) bond motifs is 16. The molecule has 44 nitrogen and oxygen atoms in total. The second-order valence-corrected chi connectivity index (χ2v) is 39.4. The molecular formula is C103H117N11O33. The number of nitrogens with zero attached hydrogens (tertiary/aromatic N) is 3. The van der Waals surface area contributed by atoms with Gasteiger partial charge in [0.1, 0.15) is 73.2 Å². The molecule has 0 bridgehead atoms. The number of hydrogen-bond donors (Lipinski definition) is 24. The van der Waals surface area contributed by atoms with Gasteiger partial charge in [0.25, 0.3) is 47.3 Å². The van der Waals surface area contributed by atoms with Crippen LogP contribution in [0.2, 0.25) is 0 Å². The monoisotopic (exact) mass is 2040 g/mol. The maximum absolute atomic E-state index is 13.4.